The lowest BCUT2D eigenvalue weighted by Crippen LogP contribution is -2.43. The topological polar surface area (TPSA) is 48.0 Å². The van der Waals surface area contributed by atoms with Crippen molar-refractivity contribution in [3.63, 3.8) is 0 Å². The van der Waals surface area contributed by atoms with Gasteiger partial charge in [-0.1, -0.05) is 30.3 Å². The summed E-state index contributed by atoms with van der Waals surface area (Å²) in [6, 6.07) is 14.9. The minimum Gasteiger partial charge on any atom is -0.497 e. The van der Waals surface area contributed by atoms with E-state index in [1.807, 2.05) is 42.5 Å². The van der Waals surface area contributed by atoms with Crippen molar-refractivity contribution in [2.75, 3.05) is 25.7 Å². The van der Waals surface area contributed by atoms with E-state index in [4.69, 9.17) is 14.2 Å². The fourth-order valence-corrected chi connectivity index (χ4v) is 2.96. The molecule has 2 aromatic carbocycles. The van der Waals surface area contributed by atoms with Crippen LogP contribution in [0.3, 0.4) is 0 Å². The van der Waals surface area contributed by atoms with E-state index in [2.05, 4.69) is 6.58 Å². The second-order valence-electron chi connectivity index (χ2n) is 5.42. The Kier molecular flexibility index (Phi) is 4.16. The summed E-state index contributed by atoms with van der Waals surface area (Å²) < 4.78 is 16.1. The lowest BCUT2D eigenvalue weighted by Gasteiger charge is -2.34. The molecule has 1 fully saturated rings. The quantitative estimate of drug-likeness (QED) is 0.786. The molecule has 0 spiro atoms. The third-order valence-electron chi connectivity index (χ3n) is 4.23. The number of ether oxygens (including phenoxy) is 3. The van der Waals surface area contributed by atoms with E-state index in [1.54, 1.807) is 31.3 Å². The van der Waals surface area contributed by atoms with E-state index in [0.717, 1.165) is 5.56 Å². The molecule has 5 heteroatoms. The van der Waals surface area contributed by atoms with Crippen molar-refractivity contribution in [1.82, 2.24) is 0 Å². The molecule has 1 saturated heterocycles. The molecule has 1 heterocycles. The fraction of sp³-hybridized carbons (Fsp3) is 0.211. The molecule has 0 radical (unpaired) electrons. The van der Waals surface area contributed by atoms with Crippen molar-refractivity contribution < 1.29 is 19.0 Å². The van der Waals surface area contributed by atoms with E-state index in [0.29, 0.717) is 17.2 Å². The summed E-state index contributed by atoms with van der Waals surface area (Å²) in [7, 11) is 3.18. The van der Waals surface area contributed by atoms with Crippen LogP contribution in [0.25, 0.3) is 0 Å². The van der Waals surface area contributed by atoms with Crippen LogP contribution in [0, 0.1) is 0 Å². The molecular formula is C19H19NO4. The van der Waals surface area contributed by atoms with Gasteiger partial charge in [0.2, 0.25) is 0 Å². The summed E-state index contributed by atoms with van der Waals surface area (Å²) in [6.45, 7) is 4.12. The second kappa shape index (κ2) is 6.28. The highest BCUT2D eigenvalue weighted by atomic mass is 16.6. The Labute approximate surface area is 141 Å². The van der Waals surface area contributed by atoms with Gasteiger partial charge in [-0.15, -0.1) is 6.58 Å². The van der Waals surface area contributed by atoms with E-state index in [9.17, 15) is 4.79 Å². The zero-order chi connectivity index (χ0) is 17.2. The van der Waals surface area contributed by atoms with Gasteiger partial charge in [-0.3, -0.25) is 4.90 Å². The summed E-state index contributed by atoms with van der Waals surface area (Å²) >= 11 is 0. The first kappa shape index (κ1) is 15.9. The normalized spacial score (nSPS) is 19.8. The molecule has 1 atom stereocenters. The molecule has 24 heavy (non-hydrogen) atoms. The van der Waals surface area contributed by atoms with Crippen molar-refractivity contribution in [2.24, 2.45) is 0 Å². The van der Waals surface area contributed by atoms with Gasteiger partial charge in [-0.25, -0.2) is 4.79 Å². The predicted octanol–water partition coefficient (Wildman–Crippen LogP) is 3.74. The van der Waals surface area contributed by atoms with Crippen LogP contribution in [0.4, 0.5) is 10.5 Å². The second-order valence-corrected chi connectivity index (χ2v) is 5.42. The minimum atomic E-state index is -0.833. The molecule has 0 aliphatic carbocycles. The molecule has 1 aliphatic rings. The van der Waals surface area contributed by atoms with Gasteiger partial charge in [0.25, 0.3) is 0 Å². The molecule has 0 bridgehead atoms. The van der Waals surface area contributed by atoms with Crippen LogP contribution in [0.5, 0.6) is 11.5 Å². The third kappa shape index (κ3) is 2.38. The van der Waals surface area contributed by atoms with E-state index in [-0.39, 0.29) is 6.61 Å². The number of amides is 1. The van der Waals surface area contributed by atoms with Gasteiger partial charge in [0.05, 0.1) is 19.9 Å². The van der Waals surface area contributed by atoms with Crippen molar-refractivity contribution in [2.45, 2.75) is 5.54 Å². The van der Waals surface area contributed by atoms with Gasteiger partial charge in [0.15, 0.2) is 0 Å². The number of hydrogen-bond acceptors (Lipinski definition) is 4. The van der Waals surface area contributed by atoms with Crippen LogP contribution >= 0.6 is 0 Å². The number of para-hydroxylation sites is 2. The molecule has 0 aromatic heterocycles. The number of methoxy groups -OCH3 is 2. The Balaban J connectivity index is 2.18. The van der Waals surface area contributed by atoms with Crippen molar-refractivity contribution in [1.29, 1.82) is 0 Å². The molecule has 0 unspecified atom stereocenters. The van der Waals surface area contributed by atoms with Crippen molar-refractivity contribution in [3.05, 3.63) is 66.7 Å². The lowest BCUT2D eigenvalue weighted by atomic mass is 9.89. The number of carbonyl (C=O) groups is 1. The number of benzene rings is 2. The molecule has 124 valence electrons. The first-order chi connectivity index (χ1) is 11.7. The summed E-state index contributed by atoms with van der Waals surface area (Å²) in [5.41, 5.74) is 0.652. The minimum absolute atomic E-state index is 0.167. The average Bonchev–Trinajstić information content (AvgIpc) is 2.99. The molecule has 1 amide bonds. The van der Waals surface area contributed by atoms with Gasteiger partial charge >= 0.3 is 6.09 Å². The van der Waals surface area contributed by atoms with Crippen LogP contribution in [-0.4, -0.2) is 26.9 Å². The highest BCUT2D eigenvalue weighted by Crippen LogP contribution is 2.43. The first-order valence-corrected chi connectivity index (χ1v) is 7.54. The average molecular weight is 325 g/mol. The summed E-state index contributed by atoms with van der Waals surface area (Å²) in [6.07, 6.45) is 1.28. The number of carbonyl (C=O) groups excluding carboxylic acids is 1. The van der Waals surface area contributed by atoms with Gasteiger partial charge in [-0.05, 0) is 29.8 Å². The Hall–Kier alpha value is -2.95. The van der Waals surface area contributed by atoms with E-state index >= 15 is 0 Å². The molecule has 0 N–H and O–H groups in total. The molecule has 2 aromatic rings. The van der Waals surface area contributed by atoms with Crippen molar-refractivity contribution in [3.8, 4) is 11.5 Å². The number of rotatable bonds is 5. The van der Waals surface area contributed by atoms with Crippen LogP contribution in [0.2, 0.25) is 0 Å². The highest BCUT2D eigenvalue weighted by molar-refractivity contribution is 5.94. The highest BCUT2D eigenvalue weighted by Gasteiger charge is 2.48. The Morgan fingerprint density at radius 2 is 1.96 bits per heavy atom. The maximum Gasteiger partial charge on any atom is 0.415 e. The molecule has 5 nitrogen and oxygen atoms in total. The maximum atomic E-state index is 12.5. The van der Waals surface area contributed by atoms with Gasteiger partial charge in [0.1, 0.15) is 23.6 Å². The molecule has 1 aliphatic heterocycles. The summed E-state index contributed by atoms with van der Waals surface area (Å²) in [4.78, 5) is 14.1. The summed E-state index contributed by atoms with van der Waals surface area (Å²) in [5, 5.41) is 0. The van der Waals surface area contributed by atoms with Crippen LogP contribution in [-0.2, 0) is 10.3 Å². The summed E-state index contributed by atoms with van der Waals surface area (Å²) in [5.74, 6) is 1.29. The SMILES string of the molecule is C=C[C@@]1(c2cccc(OC)c2)COC(=O)N1c1ccccc1OC. The molecule has 3 rings (SSSR count). The fourth-order valence-electron chi connectivity index (χ4n) is 2.96. The molecule has 0 saturated carbocycles. The van der Waals surface area contributed by atoms with E-state index < -0.39 is 11.6 Å². The predicted molar refractivity (Wildman–Crippen MR) is 91.7 cm³/mol. The number of nitrogens with zero attached hydrogens (tertiary/aromatic N) is 1. The largest absolute Gasteiger partial charge is 0.497 e. The van der Waals surface area contributed by atoms with Crippen LogP contribution in [0.1, 0.15) is 5.56 Å². The zero-order valence-corrected chi connectivity index (χ0v) is 13.7. The Morgan fingerprint density at radius 1 is 1.17 bits per heavy atom. The molecular weight excluding hydrogens is 306 g/mol. The van der Waals surface area contributed by atoms with Gasteiger partial charge in [-0.2, -0.15) is 0 Å². The van der Waals surface area contributed by atoms with Crippen LogP contribution < -0.4 is 14.4 Å². The third-order valence-corrected chi connectivity index (χ3v) is 4.23. The smallest absolute Gasteiger partial charge is 0.415 e. The maximum absolute atomic E-state index is 12.5. The monoisotopic (exact) mass is 325 g/mol. The number of hydrogen-bond donors (Lipinski definition) is 0. The Bertz CT molecular complexity index is 773. The van der Waals surface area contributed by atoms with Gasteiger partial charge < -0.3 is 14.2 Å². The lowest BCUT2D eigenvalue weighted by molar-refractivity contribution is 0.176. The number of anilines is 1. The van der Waals surface area contributed by atoms with E-state index in [1.165, 1.54) is 0 Å². The van der Waals surface area contributed by atoms with Gasteiger partial charge in [0, 0.05) is 0 Å². The Morgan fingerprint density at radius 3 is 2.67 bits per heavy atom. The van der Waals surface area contributed by atoms with Crippen LogP contribution in [0.15, 0.2) is 61.2 Å². The first-order valence-electron chi connectivity index (χ1n) is 7.54. The standard InChI is InChI=1S/C19H19NO4/c1-4-19(14-8-7-9-15(12-14)22-2)13-24-18(21)20(19)16-10-5-6-11-17(16)23-3/h4-12H,1,13H2,2-3H3/t19-/m0/s1. The number of cyclic esters (lactones) is 1. The zero-order valence-electron chi connectivity index (χ0n) is 13.7. The van der Waals surface area contributed by atoms with Crippen molar-refractivity contribution >= 4 is 11.8 Å².